The van der Waals surface area contributed by atoms with Crippen LogP contribution in [-0.2, 0) is 29.1 Å². The maximum absolute atomic E-state index is 11.8. The Morgan fingerprint density at radius 3 is 1.21 bits per heavy atom. The normalized spacial score (nSPS) is 12.3. The Morgan fingerprint density at radius 1 is 0.559 bits per heavy atom. The second kappa shape index (κ2) is 20.5. The summed E-state index contributed by atoms with van der Waals surface area (Å²) in [4.78, 5) is 33.4. The van der Waals surface area contributed by atoms with Crippen LogP contribution in [0, 0.1) is 0 Å². The van der Waals surface area contributed by atoms with Crippen molar-refractivity contribution in [3.63, 3.8) is 0 Å². The molecule has 0 aromatic carbocycles. The average Bonchev–Trinajstić information content (AvgIpc) is 2.79. The molecule has 0 N–H and O–H groups in total. The van der Waals surface area contributed by atoms with Crippen molar-refractivity contribution in [2.45, 2.75) is 170 Å². The molecule has 6 heteroatoms. The summed E-state index contributed by atoms with van der Waals surface area (Å²) >= 11 is 0. The fraction of sp³-hybridized carbons (Fsp3) is 0.964. The van der Waals surface area contributed by atoms with Crippen LogP contribution in [0.2, 0.25) is 0 Å². The van der Waals surface area contributed by atoms with Gasteiger partial charge in [0.15, 0.2) is 0 Å². The van der Waals surface area contributed by atoms with Crippen LogP contribution in [0.4, 0.5) is 0 Å². The minimum Gasteiger partial charge on any atom is -0.466 e. The quantitative estimate of drug-likeness (QED) is 0.0558. The predicted octanol–water partition coefficient (Wildman–Crippen LogP) is 8.86. The number of carbonyl (C=O) groups excluding carboxylic acids is 1. The minimum atomic E-state index is -1.38. The highest BCUT2D eigenvalue weighted by Crippen LogP contribution is 2.27. The van der Waals surface area contributed by atoms with Crippen LogP contribution < -0.4 is 0 Å². The van der Waals surface area contributed by atoms with Gasteiger partial charge in [0, 0.05) is 0 Å². The van der Waals surface area contributed by atoms with E-state index in [4.69, 9.17) is 24.3 Å². The molecule has 34 heavy (non-hydrogen) atoms. The molecule has 0 aromatic heterocycles. The van der Waals surface area contributed by atoms with Gasteiger partial charge in [-0.25, -0.2) is 9.78 Å². The van der Waals surface area contributed by atoms with Crippen LogP contribution in [0.5, 0.6) is 0 Å². The third-order valence-electron chi connectivity index (χ3n) is 5.82. The van der Waals surface area contributed by atoms with Crippen molar-refractivity contribution in [3.8, 4) is 0 Å². The average molecular weight is 491 g/mol. The summed E-state index contributed by atoms with van der Waals surface area (Å²) in [5, 5.41) is 0. The zero-order valence-electron chi connectivity index (χ0n) is 24.3. The fourth-order valence-electron chi connectivity index (χ4n) is 2.63. The molecule has 0 aliphatic carbocycles. The van der Waals surface area contributed by atoms with Gasteiger partial charge in [-0.05, 0) is 54.4 Å². The number of esters is 1. The standard InChI is InChI=1S/C16H32O6.C12H26/c1-9-14(4,5)19-21-16(8,12-13(17)18-11-3)22-20-15(6,7)10-2;1-3-5-7-9-11-12-10-8-6-4-2/h9-12H2,1-8H3;3-12H2,1-2H3. The van der Waals surface area contributed by atoms with Crippen LogP contribution in [-0.4, -0.2) is 29.6 Å². The third kappa shape index (κ3) is 21.8. The Kier molecular flexibility index (Phi) is 21.4. The lowest BCUT2D eigenvalue weighted by atomic mass is 10.1. The lowest BCUT2D eigenvalue weighted by Gasteiger charge is -2.33. The van der Waals surface area contributed by atoms with Crippen LogP contribution in [0.3, 0.4) is 0 Å². The largest absolute Gasteiger partial charge is 0.466 e. The van der Waals surface area contributed by atoms with Crippen molar-refractivity contribution >= 4 is 5.97 Å². The van der Waals surface area contributed by atoms with E-state index in [9.17, 15) is 4.79 Å². The van der Waals surface area contributed by atoms with Crippen molar-refractivity contribution in [2.75, 3.05) is 6.61 Å². The summed E-state index contributed by atoms with van der Waals surface area (Å²) in [5.41, 5.74) is -1.00. The molecule has 0 spiro atoms. The second-order valence-corrected chi connectivity index (χ2v) is 10.5. The Bertz CT molecular complexity index is 446. The first-order valence-electron chi connectivity index (χ1n) is 13.8. The van der Waals surface area contributed by atoms with Crippen LogP contribution in [0.1, 0.15) is 153 Å². The van der Waals surface area contributed by atoms with Gasteiger partial charge in [-0.15, -0.1) is 0 Å². The SMILES string of the molecule is CCCCCCCCCCCC.CCOC(=O)CC(C)(OOC(C)(C)CC)OOC(C)(C)CC. The summed E-state index contributed by atoms with van der Waals surface area (Å²) in [6.07, 6.45) is 15.8. The van der Waals surface area contributed by atoms with Gasteiger partial charge < -0.3 is 4.74 Å². The molecule has 0 fully saturated rings. The van der Waals surface area contributed by atoms with Gasteiger partial charge in [0.2, 0.25) is 5.79 Å². The van der Waals surface area contributed by atoms with E-state index in [0.29, 0.717) is 0 Å². The van der Waals surface area contributed by atoms with E-state index in [0.717, 1.165) is 12.8 Å². The molecule has 0 radical (unpaired) electrons. The maximum atomic E-state index is 11.8. The molecule has 0 unspecified atom stereocenters. The molecular formula is C28H58O6. The summed E-state index contributed by atoms with van der Waals surface area (Å²) in [6.45, 7) is 19.7. The Labute approximate surface area is 211 Å². The minimum absolute atomic E-state index is 0.138. The monoisotopic (exact) mass is 490 g/mol. The number of rotatable bonds is 20. The smallest absolute Gasteiger partial charge is 0.311 e. The Balaban J connectivity index is 0. The van der Waals surface area contributed by atoms with Gasteiger partial charge in [-0.3, -0.25) is 4.79 Å². The lowest BCUT2D eigenvalue weighted by Crippen LogP contribution is -2.41. The Morgan fingerprint density at radius 2 is 0.912 bits per heavy atom. The first kappa shape index (κ1) is 35.5. The summed E-state index contributed by atoms with van der Waals surface area (Å²) in [7, 11) is 0. The van der Waals surface area contributed by atoms with Crippen molar-refractivity contribution in [1.29, 1.82) is 0 Å². The molecule has 0 aromatic rings. The van der Waals surface area contributed by atoms with Crippen molar-refractivity contribution < 1.29 is 29.1 Å². The van der Waals surface area contributed by atoms with Gasteiger partial charge >= 0.3 is 5.97 Å². The number of hydrogen-bond acceptors (Lipinski definition) is 6. The Hall–Kier alpha value is -0.690. The van der Waals surface area contributed by atoms with E-state index in [1.54, 1.807) is 13.8 Å². The van der Waals surface area contributed by atoms with E-state index in [2.05, 4.69) is 13.8 Å². The van der Waals surface area contributed by atoms with Crippen molar-refractivity contribution in [2.24, 2.45) is 0 Å². The molecular weight excluding hydrogens is 432 g/mol. The molecule has 0 heterocycles. The molecule has 0 aliphatic rings. The van der Waals surface area contributed by atoms with E-state index in [-0.39, 0.29) is 13.0 Å². The first-order valence-corrected chi connectivity index (χ1v) is 13.8. The number of ether oxygens (including phenoxy) is 1. The molecule has 206 valence electrons. The molecule has 0 aliphatic heterocycles. The second-order valence-electron chi connectivity index (χ2n) is 10.5. The van der Waals surface area contributed by atoms with Crippen molar-refractivity contribution in [3.05, 3.63) is 0 Å². The summed E-state index contributed by atoms with van der Waals surface area (Å²) in [5.74, 6) is -1.83. The number of carbonyl (C=O) groups is 1. The van der Waals surface area contributed by atoms with Gasteiger partial charge in [-0.1, -0.05) is 91.9 Å². The van der Waals surface area contributed by atoms with Gasteiger partial charge in [0.25, 0.3) is 0 Å². The summed E-state index contributed by atoms with van der Waals surface area (Å²) < 4.78 is 4.94. The molecule has 0 atom stereocenters. The highest BCUT2D eigenvalue weighted by molar-refractivity contribution is 5.70. The van der Waals surface area contributed by atoms with Crippen LogP contribution in [0.15, 0.2) is 0 Å². The van der Waals surface area contributed by atoms with E-state index >= 15 is 0 Å². The molecule has 0 rings (SSSR count). The van der Waals surface area contributed by atoms with Crippen LogP contribution >= 0.6 is 0 Å². The van der Waals surface area contributed by atoms with E-state index < -0.39 is 23.0 Å². The van der Waals surface area contributed by atoms with Gasteiger partial charge in [0.05, 0.1) is 17.8 Å². The maximum Gasteiger partial charge on any atom is 0.311 e. The van der Waals surface area contributed by atoms with Gasteiger partial charge in [0.1, 0.15) is 6.42 Å². The highest BCUT2D eigenvalue weighted by Gasteiger charge is 2.37. The number of unbranched alkanes of at least 4 members (excludes halogenated alkanes) is 9. The molecule has 0 saturated carbocycles. The molecule has 0 saturated heterocycles. The highest BCUT2D eigenvalue weighted by atomic mass is 17.3. The molecule has 0 amide bonds. The number of hydrogen-bond donors (Lipinski definition) is 0. The molecule has 0 bridgehead atoms. The lowest BCUT2D eigenvalue weighted by molar-refractivity contribution is -0.538. The van der Waals surface area contributed by atoms with Gasteiger partial charge in [-0.2, -0.15) is 9.78 Å². The van der Waals surface area contributed by atoms with E-state index in [1.807, 2.05) is 41.5 Å². The van der Waals surface area contributed by atoms with Crippen LogP contribution in [0.25, 0.3) is 0 Å². The summed E-state index contributed by atoms with van der Waals surface area (Å²) in [6, 6.07) is 0. The fourth-order valence-corrected chi connectivity index (χ4v) is 2.63. The van der Waals surface area contributed by atoms with Crippen molar-refractivity contribution in [1.82, 2.24) is 0 Å². The first-order chi connectivity index (χ1) is 15.9. The third-order valence-corrected chi connectivity index (χ3v) is 5.82. The topological polar surface area (TPSA) is 63.2 Å². The van der Waals surface area contributed by atoms with E-state index in [1.165, 1.54) is 64.2 Å². The predicted molar refractivity (Wildman–Crippen MR) is 140 cm³/mol. The molecule has 6 nitrogen and oxygen atoms in total. The zero-order chi connectivity index (χ0) is 26.5. The zero-order valence-corrected chi connectivity index (χ0v) is 24.3.